The van der Waals surface area contributed by atoms with E-state index >= 15 is 0 Å². The number of allylic oxidation sites excluding steroid dienone is 1. The van der Waals surface area contributed by atoms with Crippen molar-refractivity contribution in [2.24, 2.45) is 0 Å². The van der Waals surface area contributed by atoms with Crippen LogP contribution in [0.5, 0.6) is 17.2 Å². The van der Waals surface area contributed by atoms with Gasteiger partial charge in [-0.1, -0.05) is 30.3 Å². The third-order valence-corrected chi connectivity index (χ3v) is 3.20. The lowest BCUT2D eigenvalue weighted by Crippen LogP contribution is -2.13. The number of rotatable bonds is 4. The monoisotopic (exact) mass is 282 g/mol. The Morgan fingerprint density at radius 1 is 1.14 bits per heavy atom. The number of ketones is 1. The largest absolute Gasteiger partial charge is 0.490 e. The van der Waals surface area contributed by atoms with Crippen molar-refractivity contribution < 1.29 is 19.0 Å². The maximum absolute atomic E-state index is 12.1. The van der Waals surface area contributed by atoms with Crippen molar-refractivity contribution in [1.82, 2.24) is 0 Å². The van der Waals surface area contributed by atoms with Gasteiger partial charge in [0.2, 0.25) is 12.5 Å². The Bertz CT molecular complexity index is 689. The highest BCUT2D eigenvalue weighted by atomic mass is 16.7. The number of fused-ring (bicyclic) bond motifs is 2. The van der Waals surface area contributed by atoms with Crippen molar-refractivity contribution in [1.29, 1.82) is 0 Å². The van der Waals surface area contributed by atoms with Gasteiger partial charge in [-0.05, 0) is 24.3 Å². The van der Waals surface area contributed by atoms with Crippen LogP contribution in [0.4, 0.5) is 0 Å². The molecule has 1 aliphatic rings. The Balaban J connectivity index is 1.89. The number of hydrogen-bond donors (Lipinski definition) is 0. The molecule has 1 heterocycles. The van der Waals surface area contributed by atoms with Crippen LogP contribution in [0, 0.1) is 0 Å². The van der Waals surface area contributed by atoms with Crippen LogP contribution in [-0.4, -0.2) is 19.7 Å². The van der Waals surface area contributed by atoms with E-state index in [9.17, 15) is 4.79 Å². The second-order valence-corrected chi connectivity index (χ2v) is 4.49. The lowest BCUT2D eigenvalue weighted by Gasteiger charge is -2.21. The van der Waals surface area contributed by atoms with E-state index in [1.807, 2.05) is 24.3 Å². The normalized spacial score (nSPS) is 12.6. The zero-order valence-electron chi connectivity index (χ0n) is 11.5. The highest BCUT2D eigenvalue weighted by molar-refractivity contribution is 6.07. The SMILES string of the molecule is COc1c2ccc(C=CC(=O)c3ccccc3)c1OCO2. The Hall–Kier alpha value is -2.75. The van der Waals surface area contributed by atoms with Crippen molar-refractivity contribution in [2.75, 3.05) is 13.9 Å². The lowest BCUT2D eigenvalue weighted by molar-refractivity contribution is 0.0931. The summed E-state index contributed by atoms with van der Waals surface area (Å²) in [4.78, 5) is 12.1. The maximum atomic E-state index is 12.1. The molecule has 0 aliphatic carbocycles. The van der Waals surface area contributed by atoms with Crippen molar-refractivity contribution >= 4 is 11.9 Å². The van der Waals surface area contributed by atoms with Crippen molar-refractivity contribution in [2.45, 2.75) is 0 Å². The summed E-state index contributed by atoms with van der Waals surface area (Å²) in [5.74, 6) is 1.73. The van der Waals surface area contributed by atoms with Gasteiger partial charge in [0.05, 0.1) is 7.11 Å². The summed E-state index contributed by atoms with van der Waals surface area (Å²) < 4.78 is 16.1. The van der Waals surface area contributed by atoms with Gasteiger partial charge in [-0.2, -0.15) is 0 Å². The van der Waals surface area contributed by atoms with Crippen LogP contribution >= 0.6 is 0 Å². The van der Waals surface area contributed by atoms with Crippen molar-refractivity contribution in [3.05, 3.63) is 59.7 Å². The summed E-state index contributed by atoms with van der Waals surface area (Å²) in [6.07, 6.45) is 3.25. The second-order valence-electron chi connectivity index (χ2n) is 4.49. The maximum Gasteiger partial charge on any atom is 0.231 e. The molecule has 0 saturated carbocycles. The summed E-state index contributed by atoms with van der Waals surface area (Å²) in [5, 5.41) is 0. The average Bonchev–Trinajstić information content (AvgIpc) is 2.54. The number of carbonyl (C=O) groups is 1. The Labute approximate surface area is 122 Å². The minimum absolute atomic E-state index is 0.0575. The summed E-state index contributed by atoms with van der Waals surface area (Å²) in [6, 6.07) is 12.8. The van der Waals surface area contributed by atoms with E-state index in [-0.39, 0.29) is 12.6 Å². The molecule has 2 bridgehead atoms. The molecule has 106 valence electrons. The van der Waals surface area contributed by atoms with E-state index in [0.717, 1.165) is 5.56 Å². The van der Waals surface area contributed by atoms with Crippen LogP contribution in [0.2, 0.25) is 0 Å². The molecule has 1 aliphatic heterocycles. The molecule has 4 nitrogen and oxygen atoms in total. The third-order valence-electron chi connectivity index (χ3n) is 3.20. The Kier molecular flexibility index (Phi) is 3.60. The predicted molar refractivity (Wildman–Crippen MR) is 78.9 cm³/mol. The van der Waals surface area contributed by atoms with Gasteiger partial charge in [-0.3, -0.25) is 4.79 Å². The molecule has 0 saturated heterocycles. The molecule has 4 heteroatoms. The van der Waals surface area contributed by atoms with Gasteiger partial charge < -0.3 is 14.2 Å². The van der Waals surface area contributed by atoms with Gasteiger partial charge in [0, 0.05) is 11.1 Å². The second kappa shape index (κ2) is 5.71. The molecule has 0 unspecified atom stereocenters. The molecule has 21 heavy (non-hydrogen) atoms. The van der Waals surface area contributed by atoms with Gasteiger partial charge in [0.15, 0.2) is 17.3 Å². The molecule has 0 radical (unpaired) electrons. The molecule has 2 aromatic rings. The van der Waals surface area contributed by atoms with Gasteiger partial charge in [-0.15, -0.1) is 0 Å². The average molecular weight is 282 g/mol. The summed E-state index contributed by atoms with van der Waals surface area (Å²) >= 11 is 0. The van der Waals surface area contributed by atoms with Gasteiger partial charge in [0.25, 0.3) is 0 Å². The van der Waals surface area contributed by atoms with E-state index < -0.39 is 0 Å². The smallest absolute Gasteiger partial charge is 0.231 e. The summed E-state index contributed by atoms with van der Waals surface area (Å²) in [6.45, 7) is 0.145. The van der Waals surface area contributed by atoms with Gasteiger partial charge in [0.1, 0.15) is 0 Å². The van der Waals surface area contributed by atoms with Crippen LogP contribution < -0.4 is 14.2 Å². The van der Waals surface area contributed by atoms with Crippen LogP contribution in [0.15, 0.2) is 48.5 Å². The standard InChI is InChI=1S/C17H14O4/c1-19-17-15-10-8-13(16(17)21-11-20-15)7-9-14(18)12-5-3-2-4-6-12/h2-10H,11H2,1H3. The molecular weight excluding hydrogens is 268 g/mol. The fourth-order valence-corrected chi connectivity index (χ4v) is 2.16. The van der Waals surface area contributed by atoms with Crippen LogP contribution in [0.3, 0.4) is 0 Å². The van der Waals surface area contributed by atoms with Gasteiger partial charge in [-0.25, -0.2) is 0 Å². The summed E-state index contributed by atoms with van der Waals surface area (Å²) in [7, 11) is 1.56. The zero-order chi connectivity index (χ0) is 14.7. The van der Waals surface area contributed by atoms with E-state index in [1.54, 1.807) is 31.4 Å². The molecule has 0 atom stereocenters. The lowest BCUT2D eigenvalue weighted by atomic mass is 10.1. The Morgan fingerprint density at radius 2 is 1.95 bits per heavy atom. The van der Waals surface area contributed by atoms with E-state index in [4.69, 9.17) is 14.2 Å². The van der Waals surface area contributed by atoms with E-state index in [2.05, 4.69) is 0 Å². The molecule has 3 rings (SSSR count). The molecular formula is C17H14O4. The number of carbonyl (C=O) groups excluding carboxylic acids is 1. The van der Waals surface area contributed by atoms with Crippen molar-refractivity contribution in [3.63, 3.8) is 0 Å². The number of ether oxygens (including phenoxy) is 3. The predicted octanol–water partition coefficient (Wildman–Crippen LogP) is 3.32. The molecule has 0 N–H and O–H groups in total. The topological polar surface area (TPSA) is 44.8 Å². The van der Waals surface area contributed by atoms with Gasteiger partial charge >= 0.3 is 0 Å². The van der Waals surface area contributed by atoms with Crippen molar-refractivity contribution in [3.8, 4) is 17.2 Å². The minimum Gasteiger partial charge on any atom is -0.490 e. The molecule has 2 aromatic carbocycles. The fraction of sp³-hybridized carbons (Fsp3) is 0.118. The third kappa shape index (κ3) is 2.60. The number of methoxy groups -OCH3 is 1. The summed E-state index contributed by atoms with van der Waals surface area (Å²) in [5.41, 5.74) is 1.43. The quantitative estimate of drug-likeness (QED) is 0.637. The fourth-order valence-electron chi connectivity index (χ4n) is 2.16. The highest BCUT2D eigenvalue weighted by Crippen LogP contribution is 2.43. The molecule has 0 amide bonds. The van der Waals surface area contributed by atoms with E-state index in [0.29, 0.717) is 22.8 Å². The first kappa shape index (κ1) is 13.2. The highest BCUT2D eigenvalue weighted by Gasteiger charge is 2.20. The number of benzene rings is 2. The van der Waals surface area contributed by atoms with E-state index in [1.165, 1.54) is 6.08 Å². The number of hydrogen-bond acceptors (Lipinski definition) is 4. The Morgan fingerprint density at radius 3 is 2.71 bits per heavy atom. The van der Waals surface area contributed by atoms with Crippen LogP contribution in [0.25, 0.3) is 6.08 Å². The van der Waals surface area contributed by atoms with Crippen LogP contribution in [0.1, 0.15) is 15.9 Å². The molecule has 0 aromatic heterocycles. The minimum atomic E-state index is -0.0575. The first-order valence-electron chi connectivity index (χ1n) is 6.53. The first-order valence-corrected chi connectivity index (χ1v) is 6.53. The first-order chi connectivity index (χ1) is 10.3. The van der Waals surface area contributed by atoms with Crippen LogP contribution in [-0.2, 0) is 0 Å². The zero-order valence-corrected chi connectivity index (χ0v) is 11.5. The molecule has 0 spiro atoms. The molecule has 0 fully saturated rings.